The Labute approximate surface area is 201 Å². The molecule has 0 fully saturated rings. The third kappa shape index (κ3) is 4.63. The lowest BCUT2D eigenvalue weighted by molar-refractivity contribution is -0.111. The highest BCUT2D eigenvalue weighted by molar-refractivity contribution is 6.31. The maximum Gasteiger partial charge on any atom is 0.248 e. The first-order valence-electron chi connectivity index (χ1n) is 10.7. The monoisotopic (exact) mass is 468 g/mol. The van der Waals surface area contributed by atoms with Gasteiger partial charge in [0, 0.05) is 22.3 Å². The summed E-state index contributed by atoms with van der Waals surface area (Å²) in [7, 11) is 0. The number of amides is 1. The molecule has 0 spiro atoms. The number of carbonyl (C=O) groups is 1. The minimum Gasteiger partial charge on any atom is -0.457 e. The molecule has 5 rings (SSSR count). The van der Waals surface area contributed by atoms with E-state index in [0.29, 0.717) is 27.7 Å². The van der Waals surface area contributed by atoms with Crippen LogP contribution >= 0.6 is 11.6 Å². The van der Waals surface area contributed by atoms with E-state index in [0.717, 1.165) is 22.3 Å². The fourth-order valence-corrected chi connectivity index (χ4v) is 3.65. The van der Waals surface area contributed by atoms with Crippen molar-refractivity contribution in [2.75, 3.05) is 5.32 Å². The van der Waals surface area contributed by atoms with Gasteiger partial charge in [-0.3, -0.25) is 4.79 Å². The lowest BCUT2D eigenvalue weighted by atomic mass is 10.1. The summed E-state index contributed by atoms with van der Waals surface area (Å²) < 4.78 is 5.83. The Kier molecular flexibility index (Phi) is 5.74. The molecule has 2 aromatic heterocycles. The van der Waals surface area contributed by atoms with Crippen molar-refractivity contribution in [3.63, 3.8) is 0 Å². The molecular weight excluding hydrogens is 448 g/mol. The molecule has 2 heterocycles. The van der Waals surface area contributed by atoms with Crippen molar-refractivity contribution in [3.05, 3.63) is 101 Å². The molecule has 0 aliphatic carbocycles. The summed E-state index contributed by atoms with van der Waals surface area (Å²) in [6.45, 7) is 3.98. The van der Waals surface area contributed by atoms with E-state index in [1.807, 2.05) is 74.5 Å². The van der Waals surface area contributed by atoms with Crippen LogP contribution in [0.25, 0.3) is 34.1 Å². The van der Waals surface area contributed by atoms with E-state index in [9.17, 15) is 4.79 Å². The summed E-state index contributed by atoms with van der Waals surface area (Å²) in [4.78, 5) is 14.0. The highest BCUT2D eigenvalue weighted by Gasteiger charge is 2.08. The van der Waals surface area contributed by atoms with Gasteiger partial charge in [-0.05, 0) is 74.0 Å². The summed E-state index contributed by atoms with van der Waals surface area (Å²) in [5.41, 5.74) is 6.00. The average Bonchev–Trinajstić information content (AvgIpc) is 3.47. The molecule has 0 atom stereocenters. The van der Waals surface area contributed by atoms with Gasteiger partial charge in [-0.25, -0.2) is 0 Å². The maximum atomic E-state index is 12.4. The molecule has 0 saturated carbocycles. The fourth-order valence-electron chi connectivity index (χ4n) is 3.47. The van der Waals surface area contributed by atoms with Gasteiger partial charge >= 0.3 is 0 Å². The molecule has 0 bridgehead atoms. The van der Waals surface area contributed by atoms with Crippen molar-refractivity contribution < 1.29 is 9.21 Å². The number of carbonyl (C=O) groups excluding carboxylic acids is 1. The Morgan fingerprint density at radius 3 is 2.53 bits per heavy atom. The molecule has 0 unspecified atom stereocenters. The molecule has 1 N–H and O–H groups in total. The van der Waals surface area contributed by atoms with Crippen LogP contribution in [0.5, 0.6) is 0 Å². The van der Waals surface area contributed by atoms with E-state index in [1.165, 1.54) is 11.6 Å². The molecule has 3 aromatic carbocycles. The molecule has 0 aliphatic heterocycles. The third-order valence-corrected chi connectivity index (χ3v) is 5.80. The zero-order valence-corrected chi connectivity index (χ0v) is 19.4. The van der Waals surface area contributed by atoms with Crippen LogP contribution in [0.4, 0.5) is 5.69 Å². The number of anilines is 1. The van der Waals surface area contributed by atoms with Crippen LogP contribution < -0.4 is 5.32 Å². The molecule has 5 aromatic rings. The quantitative estimate of drug-likeness (QED) is 0.295. The van der Waals surface area contributed by atoms with Crippen LogP contribution in [-0.2, 0) is 4.79 Å². The van der Waals surface area contributed by atoms with E-state index < -0.39 is 0 Å². The molecule has 0 aliphatic rings. The summed E-state index contributed by atoms with van der Waals surface area (Å²) in [6, 6.07) is 22.8. The van der Waals surface area contributed by atoms with Gasteiger partial charge in [0.05, 0.1) is 5.69 Å². The molecule has 7 heteroatoms. The number of fused-ring (bicyclic) bond motifs is 1. The Balaban J connectivity index is 1.27. The van der Waals surface area contributed by atoms with Crippen molar-refractivity contribution in [1.82, 2.24) is 15.0 Å². The number of rotatable bonds is 5. The van der Waals surface area contributed by atoms with Crippen molar-refractivity contribution in [3.8, 4) is 17.0 Å². The van der Waals surface area contributed by atoms with E-state index >= 15 is 0 Å². The first-order valence-corrected chi connectivity index (χ1v) is 11.1. The van der Waals surface area contributed by atoms with Crippen molar-refractivity contribution in [2.45, 2.75) is 13.8 Å². The smallest absolute Gasteiger partial charge is 0.248 e. The Bertz CT molecular complexity index is 1530. The van der Waals surface area contributed by atoms with Gasteiger partial charge in [0.2, 0.25) is 5.91 Å². The Morgan fingerprint density at radius 2 is 1.74 bits per heavy atom. The average molecular weight is 469 g/mol. The summed E-state index contributed by atoms with van der Waals surface area (Å²) in [6.07, 6.45) is 3.05. The van der Waals surface area contributed by atoms with Gasteiger partial charge in [-0.1, -0.05) is 41.4 Å². The van der Waals surface area contributed by atoms with Crippen LogP contribution in [0.3, 0.4) is 0 Å². The topological polar surface area (TPSA) is 73.0 Å². The minimum atomic E-state index is -0.276. The zero-order chi connectivity index (χ0) is 23.7. The molecule has 0 radical (unpaired) electrons. The van der Waals surface area contributed by atoms with Gasteiger partial charge in [-0.2, -0.15) is 4.80 Å². The second kappa shape index (κ2) is 9.00. The van der Waals surface area contributed by atoms with Gasteiger partial charge < -0.3 is 9.73 Å². The summed E-state index contributed by atoms with van der Waals surface area (Å²) in [5.74, 6) is 0.976. The fraction of sp³-hybridized carbons (Fsp3) is 0.0741. The number of furan rings is 1. The van der Waals surface area contributed by atoms with E-state index in [1.54, 1.807) is 23.0 Å². The molecule has 0 saturated heterocycles. The first-order chi connectivity index (χ1) is 16.4. The van der Waals surface area contributed by atoms with Crippen LogP contribution in [0, 0.1) is 13.8 Å². The maximum absolute atomic E-state index is 12.4. The standard InChI is InChI=1S/C27H21ClN4O2/c1-17-3-8-21(9-4-17)32-30-24-12-7-20(16-25(24)31-32)29-27(33)14-11-22-10-13-26(34-22)19-6-5-18(2)23(28)15-19/h3-16H,1-2H3,(H,29,33)/b14-11+. The lowest BCUT2D eigenvalue weighted by Gasteiger charge is -2.01. The van der Waals surface area contributed by atoms with Crippen LogP contribution in [0.2, 0.25) is 5.02 Å². The summed E-state index contributed by atoms with van der Waals surface area (Å²) in [5, 5.41) is 12.6. The SMILES string of the molecule is Cc1ccc(-n2nc3ccc(NC(=O)/C=C/c4ccc(-c5ccc(C)c(Cl)c5)o4)cc3n2)cc1. The molecule has 168 valence electrons. The second-order valence-corrected chi connectivity index (χ2v) is 8.42. The molecule has 6 nitrogen and oxygen atoms in total. The highest BCUT2D eigenvalue weighted by atomic mass is 35.5. The highest BCUT2D eigenvalue weighted by Crippen LogP contribution is 2.27. The minimum absolute atomic E-state index is 0.276. The van der Waals surface area contributed by atoms with Gasteiger partial charge in [0.1, 0.15) is 22.6 Å². The number of hydrogen-bond donors (Lipinski definition) is 1. The Morgan fingerprint density at radius 1 is 0.941 bits per heavy atom. The zero-order valence-electron chi connectivity index (χ0n) is 18.6. The largest absolute Gasteiger partial charge is 0.457 e. The van der Waals surface area contributed by atoms with Crippen molar-refractivity contribution >= 4 is 40.3 Å². The number of nitrogens with one attached hydrogen (secondary N) is 1. The number of hydrogen-bond acceptors (Lipinski definition) is 4. The summed E-state index contributed by atoms with van der Waals surface area (Å²) >= 11 is 6.21. The predicted octanol–water partition coefficient (Wildman–Crippen LogP) is 6.60. The number of aryl methyl sites for hydroxylation is 2. The van der Waals surface area contributed by atoms with Crippen LogP contribution in [-0.4, -0.2) is 20.9 Å². The predicted molar refractivity (Wildman–Crippen MR) is 135 cm³/mol. The third-order valence-electron chi connectivity index (χ3n) is 5.39. The number of nitrogens with zero attached hydrogens (tertiary/aromatic N) is 3. The number of aromatic nitrogens is 3. The van der Waals surface area contributed by atoms with E-state index in [4.69, 9.17) is 16.0 Å². The van der Waals surface area contributed by atoms with Crippen molar-refractivity contribution in [2.24, 2.45) is 0 Å². The van der Waals surface area contributed by atoms with E-state index in [2.05, 4.69) is 15.5 Å². The molecule has 34 heavy (non-hydrogen) atoms. The molecule has 1 amide bonds. The number of halogens is 1. The van der Waals surface area contributed by atoms with Crippen molar-refractivity contribution in [1.29, 1.82) is 0 Å². The van der Waals surface area contributed by atoms with Crippen LogP contribution in [0.15, 0.2) is 83.3 Å². The normalized spacial score (nSPS) is 11.4. The lowest BCUT2D eigenvalue weighted by Crippen LogP contribution is -2.07. The van der Waals surface area contributed by atoms with Gasteiger partial charge in [0.15, 0.2) is 0 Å². The molecular formula is C27H21ClN4O2. The van der Waals surface area contributed by atoms with Crippen LogP contribution in [0.1, 0.15) is 16.9 Å². The Hall–Kier alpha value is -4.16. The van der Waals surface area contributed by atoms with E-state index in [-0.39, 0.29) is 5.91 Å². The first kappa shape index (κ1) is 21.7. The number of benzene rings is 3. The van der Waals surface area contributed by atoms with Gasteiger partial charge in [0.25, 0.3) is 0 Å². The second-order valence-electron chi connectivity index (χ2n) is 8.02. The van der Waals surface area contributed by atoms with Gasteiger partial charge in [-0.15, -0.1) is 10.2 Å².